The molecule has 20 heavy (non-hydrogen) atoms. The number of hydrogen-bond acceptors (Lipinski definition) is 4. The summed E-state index contributed by atoms with van der Waals surface area (Å²) in [6.45, 7) is 7.59. The van der Waals surface area contributed by atoms with Crippen LogP contribution >= 0.6 is 0 Å². The Morgan fingerprint density at radius 3 is 2.60 bits per heavy atom. The fraction of sp³-hybridized carbons (Fsp3) is 0.562. The van der Waals surface area contributed by atoms with Crippen LogP contribution < -0.4 is 9.64 Å². The Balaban J connectivity index is 1.57. The quantitative estimate of drug-likeness (QED) is 0.823. The zero-order valence-electron chi connectivity index (χ0n) is 11.9. The third-order valence-corrected chi connectivity index (χ3v) is 4.82. The van der Waals surface area contributed by atoms with E-state index in [1.165, 1.54) is 0 Å². The molecule has 4 nitrogen and oxygen atoms in total. The summed E-state index contributed by atoms with van der Waals surface area (Å²) in [6.07, 6.45) is 1.76. The Morgan fingerprint density at radius 1 is 1.20 bits per heavy atom. The van der Waals surface area contributed by atoms with Crippen molar-refractivity contribution in [2.24, 2.45) is 0 Å². The number of hydrogen-bond donors (Lipinski definition) is 0. The SMILES string of the molecule is CCN1CCN(c2ccc3c(c2)C(=O)C2(CC2)O3)CC1. The summed E-state index contributed by atoms with van der Waals surface area (Å²) in [5, 5.41) is 0. The molecule has 2 heterocycles. The van der Waals surface area contributed by atoms with E-state index in [4.69, 9.17) is 4.74 Å². The third kappa shape index (κ3) is 1.74. The first-order chi connectivity index (χ1) is 9.72. The summed E-state index contributed by atoms with van der Waals surface area (Å²) < 4.78 is 5.82. The van der Waals surface area contributed by atoms with Crippen LogP contribution in [0.1, 0.15) is 30.1 Å². The van der Waals surface area contributed by atoms with Crippen molar-refractivity contribution >= 4 is 11.5 Å². The van der Waals surface area contributed by atoms with E-state index in [0.29, 0.717) is 0 Å². The van der Waals surface area contributed by atoms with Gasteiger partial charge < -0.3 is 14.5 Å². The van der Waals surface area contributed by atoms with Gasteiger partial charge in [0.05, 0.1) is 5.56 Å². The molecule has 1 saturated carbocycles. The summed E-state index contributed by atoms with van der Waals surface area (Å²) in [6, 6.07) is 6.10. The van der Waals surface area contributed by atoms with E-state index < -0.39 is 5.60 Å². The number of likely N-dealkylation sites (N-methyl/N-ethyl adjacent to an activating group) is 1. The molecule has 0 unspecified atom stereocenters. The largest absolute Gasteiger partial charge is 0.478 e. The highest BCUT2D eigenvalue weighted by molar-refractivity contribution is 6.09. The van der Waals surface area contributed by atoms with Gasteiger partial charge >= 0.3 is 0 Å². The number of benzene rings is 1. The fourth-order valence-corrected chi connectivity index (χ4v) is 3.25. The lowest BCUT2D eigenvalue weighted by molar-refractivity contribution is 0.0820. The maximum Gasteiger partial charge on any atom is 0.210 e. The first-order valence-corrected chi connectivity index (χ1v) is 7.57. The Morgan fingerprint density at radius 2 is 1.95 bits per heavy atom. The van der Waals surface area contributed by atoms with Crippen LogP contribution in [-0.4, -0.2) is 49.0 Å². The van der Waals surface area contributed by atoms with Crippen LogP contribution in [0.3, 0.4) is 0 Å². The molecule has 0 bridgehead atoms. The minimum atomic E-state index is -0.470. The highest BCUT2D eigenvalue weighted by atomic mass is 16.5. The number of nitrogens with zero attached hydrogens (tertiary/aromatic N) is 2. The third-order valence-electron chi connectivity index (χ3n) is 4.82. The van der Waals surface area contributed by atoms with Gasteiger partial charge in [-0.2, -0.15) is 0 Å². The molecule has 2 fully saturated rings. The van der Waals surface area contributed by atoms with Crippen molar-refractivity contribution in [1.82, 2.24) is 4.90 Å². The van der Waals surface area contributed by atoms with Gasteiger partial charge in [-0.15, -0.1) is 0 Å². The molecule has 1 aliphatic carbocycles. The smallest absolute Gasteiger partial charge is 0.210 e. The molecule has 1 aromatic carbocycles. The van der Waals surface area contributed by atoms with Gasteiger partial charge in [0.15, 0.2) is 5.60 Å². The average molecular weight is 272 g/mol. The van der Waals surface area contributed by atoms with Gasteiger partial charge in [0, 0.05) is 31.9 Å². The minimum absolute atomic E-state index is 0.196. The van der Waals surface area contributed by atoms with Crippen LogP contribution in [-0.2, 0) is 0 Å². The number of ether oxygens (including phenoxy) is 1. The van der Waals surface area contributed by atoms with Crippen molar-refractivity contribution in [2.45, 2.75) is 25.4 Å². The highest BCUT2D eigenvalue weighted by Gasteiger charge is 2.57. The van der Waals surface area contributed by atoms with Crippen LogP contribution in [0.4, 0.5) is 5.69 Å². The predicted octanol–water partition coefficient (Wildman–Crippen LogP) is 1.94. The summed E-state index contributed by atoms with van der Waals surface area (Å²) in [4.78, 5) is 17.2. The first kappa shape index (κ1) is 12.2. The van der Waals surface area contributed by atoms with Gasteiger partial charge in [0.1, 0.15) is 5.75 Å². The average Bonchev–Trinajstić information content (AvgIpc) is 3.22. The van der Waals surface area contributed by atoms with Crippen LogP contribution in [0.15, 0.2) is 18.2 Å². The molecule has 0 N–H and O–H groups in total. The topological polar surface area (TPSA) is 32.8 Å². The molecule has 1 saturated heterocycles. The lowest BCUT2D eigenvalue weighted by Gasteiger charge is -2.35. The Hall–Kier alpha value is -1.55. The molecule has 4 rings (SSSR count). The molecule has 3 aliphatic rings. The highest BCUT2D eigenvalue weighted by Crippen LogP contribution is 2.50. The van der Waals surface area contributed by atoms with E-state index in [-0.39, 0.29) is 5.78 Å². The first-order valence-electron chi connectivity index (χ1n) is 7.57. The number of piperazine rings is 1. The maximum absolute atomic E-state index is 12.4. The molecular weight excluding hydrogens is 252 g/mol. The van der Waals surface area contributed by atoms with Gasteiger partial charge in [0.2, 0.25) is 5.78 Å². The molecule has 0 atom stereocenters. The number of Topliss-reactive ketones (excluding diaryl/α,β-unsaturated/α-hetero) is 1. The van der Waals surface area contributed by atoms with Crippen LogP contribution in [0, 0.1) is 0 Å². The second kappa shape index (κ2) is 4.22. The van der Waals surface area contributed by atoms with Crippen molar-refractivity contribution in [3.05, 3.63) is 23.8 Å². The van der Waals surface area contributed by atoms with Crippen molar-refractivity contribution in [3.63, 3.8) is 0 Å². The molecule has 0 amide bonds. The predicted molar refractivity (Wildman–Crippen MR) is 77.7 cm³/mol. The van der Waals surface area contributed by atoms with Gasteiger partial charge in [-0.25, -0.2) is 0 Å². The van der Waals surface area contributed by atoms with E-state index in [0.717, 1.165) is 62.6 Å². The van der Waals surface area contributed by atoms with Crippen molar-refractivity contribution in [3.8, 4) is 5.75 Å². The molecule has 0 radical (unpaired) electrons. The molecule has 106 valence electrons. The molecule has 1 spiro atoms. The van der Waals surface area contributed by atoms with Gasteiger partial charge in [-0.1, -0.05) is 6.92 Å². The van der Waals surface area contributed by atoms with Crippen LogP contribution in [0.2, 0.25) is 0 Å². The zero-order valence-corrected chi connectivity index (χ0v) is 11.9. The van der Waals surface area contributed by atoms with Crippen LogP contribution in [0.25, 0.3) is 0 Å². The minimum Gasteiger partial charge on any atom is -0.478 e. The lowest BCUT2D eigenvalue weighted by Crippen LogP contribution is -2.46. The Bertz CT molecular complexity index is 558. The van der Waals surface area contributed by atoms with Crippen molar-refractivity contribution < 1.29 is 9.53 Å². The molecule has 2 aliphatic heterocycles. The summed E-state index contributed by atoms with van der Waals surface area (Å²) in [5.41, 5.74) is 1.48. The van der Waals surface area contributed by atoms with Gasteiger partial charge in [0.25, 0.3) is 0 Å². The maximum atomic E-state index is 12.4. The monoisotopic (exact) mass is 272 g/mol. The number of fused-ring (bicyclic) bond motifs is 1. The second-order valence-electron chi connectivity index (χ2n) is 6.03. The molecule has 1 aromatic rings. The molecule has 4 heteroatoms. The lowest BCUT2D eigenvalue weighted by atomic mass is 10.1. The number of carbonyl (C=O) groups excluding carboxylic acids is 1. The summed E-state index contributed by atoms with van der Waals surface area (Å²) in [7, 11) is 0. The summed E-state index contributed by atoms with van der Waals surface area (Å²) in [5.74, 6) is 0.977. The van der Waals surface area contributed by atoms with E-state index in [1.807, 2.05) is 12.1 Å². The van der Waals surface area contributed by atoms with E-state index in [9.17, 15) is 4.79 Å². The molecular formula is C16H20N2O2. The van der Waals surface area contributed by atoms with E-state index in [1.54, 1.807) is 0 Å². The van der Waals surface area contributed by atoms with Crippen molar-refractivity contribution in [2.75, 3.05) is 37.6 Å². The Labute approximate surface area is 119 Å². The van der Waals surface area contributed by atoms with E-state index in [2.05, 4.69) is 22.8 Å². The standard InChI is InChI=1S/C16H20N2O2/c1-2-17-7-9-18(10-8-17)12-3-4-14-13(11-12)15(19)16(20-14)5-6-16/h3-4,11H,2,5-10H2,1H3. The van der Waals surface area contributed by atoms with Crippen LogP contribution in [0.5, 0.6) is 5.75 Å². The van der Waals surface area contributed by atoms with Gasteiger partial charge in [-0.05, 0) is 37.6 Å². The number of anilines is 1. The number of rotatable bonds is 2. The Kier molecular flexibility index (Phi) is 2.58. The normalized spacial score (nSPS) is 23.9. The fourth-order valence-electron chi connectivity index (χ4n) is 3.25. The van der Waals surface area contributed by atoms with E-state index >= 15 is 0 Å². The summed E-state index contributed by atoms with van der Waals surface area (Å²) >= 11 is 0. The van der Waals surface area contributed by atoms with Crippen molar-refractivity contribution in [1.29, 1.82) is 0 Å². The number of carbonyl (C=O) groups is 1. The zero-order chi connectivity index (χ0) is 13.7. The molecule has 0 aromatic heterocycles. The van der Waals surface area contributed by atoms with Gasteiger partial charge in [-0.3, -0.25) is 4.79 Å². The second-order valence-corrected chi connectivity index (χ2v) is 6.03. The number of ketones is 1.